The second-order valence-electron chi connectivity index (χ2n) is 7.01. The standard InChI is InChI=1S/C25H19FO5/c1-16-11-19(29-15-23(27)30-14-17-7-3-2-4-8-17)13-21-24(16)25(28)22(31-21)12-18-9-5-6-10-20(18)26/h2-13H,14-15H2,1H3/b22-12-. The number of aryl methyl sites for hydroxylation is 1. The van der Waals surface area contributed by atoms with Crippen molar-refractivity contribution in [3.8, 4) is 11.5 Å². The third-order valence-electron chi connectivity index (χ3n) is 4.73. The number of esters is 1. The number of hydrogen-bond acceptors (Lipinski definition) is 5. The fourth-order valence-electron chi connectivity index (χ4n) is 3.22. The number of carbonyl (C=O) groups is 2. The normalized spacial score (nSPS) is 13.6. The maximum atomic E-state index is 13.9. The minimum atomic E-state index is -0.515. The fraction of sp³-hybridized carbons (Fsp3) is 0.120. The van der Waals surface area contributed by atoms with Crippen LogP contribution in [0.15, 0.2) is 72.5 Å². The minimum absolute atomic E-state index is 0.0302. The molecule has 0 spiro atoms. The topological polar surface area (TPSA) is 61.8 Å². The Morgan fingerprint density at radius 3 is 2.58 bits per heavy atom. The molecule has 1 aliphatic heterocycles. The van der Waals surface area contributed by atoms with Crippen molar-refractivity contribution < 1.29 is 28.2 Å². The first-order valence-electron chi connectivity index (χ1n) is 9.67. The van der Waals surface area contributed by atoms with Crippen molar-refractivity contribution in [1.29, 1.82) is 0 Å². The third kappa shape index (κ3) is 4.64. The van der Waals surface area contributed by atoms with Gasteiger partial charge >= 0.3 is 5.97 Å². The van der Waals surface area contributed by atoms with Gasteiger partial charge in [-0.15, -0.1) is 0 Å². The van der Waals surface area contributed by atoms with Gasteiger partial charge in [0.25, 0.3) is 0 Å². The van der Waals surface area contributed by atoms with Gasteiger partial charge in [0.05, 0.1) is 5.56 Å². The molecule has 1 heterocycles. The molecule has 5 nitrogen and oxygen atoms in total. The summed E-state index contributed by atoms with van der Waals surface area (Å²) in [5.41, 5.74) is 2.16. The molecule has 0 N–H and O–H groups in total. The van der Waals surface area contributed by atoms with E-state index in [9.17, 15) is 14.0 Å². The number of benzene rings is 3. The Kier molecular flexibility index (Phi) is 5.80. The first-order chi connectivity index (χ1) is 15.0. The molecule has 0 amide bonds. The SMILES string of the molecule is Cc1cc(OCC(=O)OCc2ccccc2)cc2c1C(=O)/C(=C/c1ccccc1F)O2. The largest absolute Gasteiger partial charge is 0.482 e. The zero-order chi connectivity index (χ0) is 21.8. The molecule has 0 unspecified atom stereocenters. The lowest BCUT2D eigenvalue weighted by Crippen LogP contribution is -2.14. The Labute approximate surface area is 178 Å². The summed E-state index contributed by atoms with van der Waals surface area (Å²) in [5, 5.41) is 0. The van der Waals surface area contributed by atoms with E-state index in [0.29, 0.717) is 22.6 Å². The zero-order valence-electron chi connectivity index (χ0n) is 16.8. The molecular weight excluding hydrogens is 399 g/mol. The van der Waals surface area contributed by atoms with Gasteiger partial charge in [0, 0.05) is 11.6 Å². The van der Waals surface area contributed by atoms with Gasteiger partial charge in [-0.1, -0.05) is 48.5 Å². The number of allylic oxidation sites excluding steroid dienone is 1. The summed E-state index contributed by atoms with van der Waals surface area (Å²) in [6.07, 6.45) is 1.37. The average molecular weight is 418 g/mol. The number of ether oxygens (including phenoxy) is 3. The van der Waals surface area contributed by atoms with Crippen molar-refractivity contribution in [2.24, 2.45) is 0 Å². The number of Topliss-reactive ketones (excluding diaryl/α,β-unsaturated/α-hetero) is 1. The summed E-state index contributed by atoms with van der Waals surface area (Å²) in [5.74, 6) is -0.587. The highest BCUT2D eigenvalue weighted by molar-refractivity contribution is 6.15. The Bertz CT molecular complexity index is 1170. The quantitative estimate of drug-likeness (QED) is 0.422. The van der Waals surface area contributed by atoms with Crippen LogP contribution in [0.25, 0.3) is 6.08 Å². The van der Waals surface area contributed by atoms with Gasteiger partial charge in [0.1, 0.15) is 23.9 Å². The summed E-state index contributed by atoms with van der Waals surface area (Å²) in [4.78, 5) is 24.7. The van der Waals surface area contributed by atoms with Crippen molar-refractivity contribution in [2.45, 2.75) is 13.5 Å². The monoisotopic (exact) mass is 418 g/mol. The molecule has 1 aliphatic rings. The van der Waals surface area contributed by atoms with Crippen LogP contribution in [0.2, 0.25) is 0 Å². The Morgan fingerprint density at radius 2 is 1.81 bits per heavy atom. The lowest BCUT2D eigenvalue weighted by molar-refractivity contribution is -0.147. The average Bonchev–Trinajstić information content (AvgIpc) is 3.08. The maximum Gasteiger partial charge on any atom is 0.344 e. The number of rotatable bonds is 6. The highest BCUT2D eigenvalue weighted by Crippen LogP contribution is 2.37. The molecule has 6 heteroatoms. The van der Waals surface area contributed by atoms with Crippen LogP contribution in [0.3, 0.4) is 0 Å². The van der Waals surface area contributed by atoms with Crippen molar-refractivity contribution in [1.82, 2.24) is 0 Å². The van der Waals surface area contributed by atoms with Crippen LogP contribution in [0.5, 0.6) is 11.5 Å². The fourth-order valence-corrected chi connectivity index (χ4v) is 3.22. The van der Waals surface area contributed by atoms with E-state index in [1.54, 1.807) is 31.2 Å². The van der Waals surface area contributed by atoms with Gasteiger partial charge in [0.2, 0.25) is 5.78 Å². The minimum Gasteiger partial charge on any atom is -0.482 e. The molecule has 0 fully saturated rings. The molecule has 0 saturated heterocycles. The smallest absolute Gasteiger partial charge is 0.344 e. The van der Waals surface area contributed by atoms with Crippen LogP contribution in [0, 0.1) is 12.7 Å². The van der Waals surface area contributed by atoms with Crippen LogP contribution in [0.1, 0.15) is 27.0 Å². The highest BCUT2D eigenvalue weighted by Gasteiger charge is 2.30. The van der Waals surface area contributed by atoms with Gasteiger partial charge < -0.3 is 14.2 Å². The number of hydrogen-bond donors (Lipinski definition) is 0. The molecule has 0 aliphatic carbocycles. The van der Waals surface area contributed by atoms with Crippen molar-refractivity contribution in [3.63, 3.8) is 0 Å². The van der Waals surface area contributed by atoms with Crippen molar-refractivity contribution in [2.75, 3.05) is 6.61 Å². The zero-order valence-corrected chi connectivity index (χ0v) is 16.8. The van der Waals surface area contributed by atoms with Crippen LogP contribution in [-0.2, 0) is 16.1 Å². The van der Waals surface area contributed by atoms with E-state index >= 15 is 0 Å². The second kappa shape index (κ2) is 8.83. The summed E-state index contributed by atoms with van der Waals surface area (Å²) in [6.45, 7) is 1.62. The van der Waals surface area contributed by atoms with Crippen molar-refractivity contribution >= 4 is 17.8 Å². The number of fused-ring (bicyclic) bond motifs is 1. The van der Waals surface area contributed by atoms with Crippen LogP contribution in [0.4, 0.5) is 4.39 Å². The molecule has 0 bridgehead atoms. The molecule has 0 atom stereocenters. The van der Waals surface area contributed by atoms with E-state index in [4.69, 9.17) is 14.2 Å². The van der Waals surface area contributed by atoms with Gasteiger partial charge in [-0.3, -0.25) is 4.79 Å². The van der Waals surface area contributed by atoms with Crippen LogP contribution < -0.4 is 9.47 Å². The summed E-state index contributed by atoms with van der Waals surface area (Å²) >= 11 is 0. The molecule has 31 heavy (non-hydrogen) atoms. The van der Waals surface area contributed by atoms with Crippen LogP contribution >= 0.6 is 0 Å². The predicted octanol–water partition coefficient (Wildman–Crippen LogP) is 4.87. The first kappa shape index (κ1) is 20.3. The van der Waals surface area contributed by atoms with E-state index in [-0.39, 0.29) is 30.3 Å². The summed E-state index contributed by atoms with van der Waals surface area (Å²) in [6, 6.07) is 18.6. The lowest BCUT2D eigenvalue weighted by Gasteiger charge is -2.09. The van der Waals surface area contributed by atoms with E-state index in [2.05, 4.69) is 0 Å². The first-order valence-corrected chi connectivity index (χ1v) is 9.67. The molecule has 0 saturated carbocycles. The molecule has 4 rings (SSSR count). The van der Waals surface area contributed by atoms with Crippen LogP contribution in [-0.4, -0.2) is 18.4 Å². The third-order valence-corrected chi connectivity index (χ3v) is 4.73. The number of halogens is 1. The molecule has 3 aromatic rings. The Morgan fingerprint density at radius 1 is 1.06 bits per heavy atom. The number of carbonyl (C=O) groups excluding carboxylic acids is 2. The Hall–Kier alpha value is -3.93. The van der Waals surface area contributed by atoms with Crippen molar-refractivity contribution in [3.05, 3.63) is 101 Å². The Balaban J connectivity index is 1.43. The van der Waals surface area contributed by atoms with E-state index in [1.807, 2.05) is 30.3 Å². The molecule has 156 valence electrons. The van der Waals surface area contributed by atoms with Gasteiger partial charge in [0.15, 0.2) is 12.4 Å². The second-order valence-corrected chi connectivity index (χ2v) is 7.01. The summed E-state index contributed by atoms with van der Waals surface area (Å²) in [7, 11) is 0. The van der Waals surface area contributed by atoms with Gasteiger partial charge in [-0.25, -0.2) is 9.18 Å². The predicted molar refractivity (Wildman–Crippen MR) is 112 cm³/mol. The van der Waals surface area contributed by atoms with Gasteiger partial charge in [-0.05, 0) is 36.3 Å². The maximum absolute atomic E-state index is 13.9. The van der Waals surface area contributed by atoms with E-state index in [0.717, 1.165) is 5.56 Å². The summed E-state index contributed by atoms with van der Waals surface area (Å²) < 4.78 is 30.3. The lowest BCUT2D eigenvalue weighted by atomic mass is 10.0. The molecular formula is C25H19FO5. The molecule has 3 aromatic carbocycles. The van der Waals surface area contributed by atoms with E-state index in [1.165, 1.54) is 18.2 Å². The molecule has 0 aromatic heterocycles. The number of ketones is 1. The molecule has 0 radical (unpaired) electrons. The van der Waals surface area contributed by atoms with Gasteiger partial charge in [-0.2, -0.15) is 0 Å². The van der Waals surface area contributed by atoms with E-state index < -0.39 is 11.8 Å². The highest BCUT2D eigenvalue weighted by atomic mass is 19.1.